The van der Waals surface area contributed by atoms with E-state index in [2.05, 4.69) is 11.6 Å². The van der Waals surface area contributed by atoms with Crippen LogP contribution in [0.5, 0.6) is 0 Å². The van der Waals surface area contributed by atoms with Gasteiger partial charge in [0, 0.05) is 18.3 Å². The zero-order chi connectivity index (χ0) is 10.3. The molecule has 0 amide bonds. The molecule has 0 aromatic rings. The Bertz CT molecular complexity index is 217. The lowest BCUT2D eigenvalue weighted by atomic mass is 10.3. The van der Waals surface area contributed by atoms with E-state index in [0.717, 1.165) is 6.42 Å². The maximum atomic E-state index is 11.1. The van der Waals surface area contributed by atoms with Crippen molar-refractivity contribution in [3.63, 3.8) is 0 Å². The first-order chi connectivity index (χ1) is 6.02. The van der Waals surface area contributed by atoms with Crippen molar-refractivity contribution < 1.29 is 8.42 Å². The Balaban J connectivity index is 3.64. The van der Waals surface area contributed by atoms with Crippen LogP contribution in [-0.2, 0) is 10.0 Å². The van der Waals surface area contributed by atoms with E-state index in [1.807, 2.05) is 6.26 Å². The van der Waals surface area contributed by atoms with Gasteiger partial charge in [0.05, 0.1) is 5.75 Å². The largest absolute Gasteiger partial charge is 0.329 e. The summed E-state index contributed by atoms with van der Waals surface area (Å²) in [4.78, 5) is 0. The summed E-state index contributed by atoms with van der Waals surface area (Å²) >= 11 is 1.73. The molecule has 0 radical (unpaired) electrons. The molecule has 3 N–H and O–H groups in total. The van der Waals surface area contributed by atoms with Crippen LogP contribution in [0.1, 0.15) is 13.3 Å². The van der Waals surface area contributed by atoms with Crippen LogP contribution < -0.4 is 10.5 Å². The van der Waals surface area contributed by atoms with Gasteiger partial charge in [-0.2, -0.15) is 11.8 Å². The first-order valence-corrected chi connectivity index (χ1v) is 7.16. The molecule has 1 atom stereocenters. The lowest BCUT2D eigenvalue weighted by molar-refractivity contribution is 0.579. The van der Waals surface area contributed by atoms with E-state index >= 15 is 0 Å². The fourth-order valence-electron chi connectivity index (χ4n) is 0.763. The van der Waals surface area contributed by atoms with Gasteiger partial charge in [-0.05, 0) is 12.7 Å². The highest BCUT2D eigenvalue weighted by molar-refractivity contribution is 7.99. The minimum Gasteiger partial charge on any atom is -0.329 e. The van der Waals surface area contributed by atoms with E-state index in [1.165, 1.54) is 0 Å². The molecule has 13 heavy (non-hydrogen) atoms. The molecule has 0 aliphatic rings. The monoisotopic (exact) mass is 226 g/mol. The average molecular weight is 226 g/mol. The third-order valence-electron chi connectivity index (χ3n) is 1.66. The van der Waals surface area contributed by atoms with Crippen molar-refractivity contribution in [2.45, 2.75) is 18.6 Å². The van der Waals surface area contributed by atoms with Crippen molar-refractivity contribution in [2.75, 3.05) is 25.1 Å². The van der Waals surface area contributed by atoms with Crippen LogP contribution in [0.4, 0.5) is 0 Å². The molecule has 0 aromatic heterocycles. The average Bonchev–Trinajstić information content (AvgIpc) is 2.03. The molecule has 0 heterocycles. The van der Waals surface area contributed by atoms with Crippen molar-refractivity contribution in [3.8, 4) is 0 Å². The standard InChI is InChI=1S/C7H18N2O2S2/c1-7(12-2)3-5-9-13(10,11)6-4-8/h7,9H,3-6,8H2,1-2H3. The Morgan fingerprint density at radius 2 is 2.15 bits per heavy atom. The lowest BCUT2D eigenvalue weighted by Gasteiger charge is -2.08. The molecule has 0 aliphatic carbocycles. The predicted molar refractivity (Wildman–Crippen MR) is 58.4 cm³/mol. The van der Waals surface area contributed by atoms with Gasteiger partial charge in [-0.15, -0.1) is 0 Å². The fourth-order valence-corrected chi connectivity index (χ4v) is 2.00. The summed E-state index contributed by atoms with van der Waals surface area (Å²) in [7, 11) is -3.12. The molecule has 0 saturated heterocycles. The zero-order valence-electron chi connectivity index (χ0n) is 8.12. The van der Waals surface area contributed by atoms with Gasteiger partial charge in [-0.25, -0.2) is 13.1 Å². The molecule has 80 valence electrons. The van der Waals surface area contributed by atoms with Crippen LogP contribution in [0.15, 0.2) is 0 Å². The molecule has 4 nitrogen and oxygen atoms in total. The molecule has 0 fully saturated rings. The summed E-state index contributed by atoms with van der Waals surface area (Å²) in [6.45, 7) is 2.75. The Morgan fingerprint density at radius 3 is 2.62 bits per heavy atom. The summed E-state index contributed by atoms with van der Waals surface area (Å²) in [5.41, 5.74) is 5.15. The fraction of sp³-hybridized carbons (Fsp3) is 1.00. The third-order valence-corrected chi connectivity index (χ3v) is 4.12. The molecule has 0 aliphatic heterocycles. The molecule has 0 saturated carbocycles. The van der Waals surface area contributed by atoms with E-state index < -0.39 is 10.0 Å². The smallest absolute Gasteiger partial charge is 0.212 e. The zero-order valence-corrected chi connectivity index (χ0v) is 9.75. The quantitative estimate of drug-likeness (QED) is 0.641. The molecule has 0 bridgehead atoms. The van der Waals surface area contributed by atoms with Gasteiger partial charge in [0.2, 0.25) is 10.0 Å². The Labute approximate surface area is 84.7 Å². The minimum atomic E-state index is -3.12. The van der Waals surface area contributed by atoms with Crippen LogP contribution in [0.25, 0.3) is 0 Å². The molecular formula is C7H18N2O2S2. The summed E-state index contributed by atoms with van der Waals surface area (Å²) in [6.07, 6.45) is 2.87. The van der Waals surface area contributed by atoms with Crippen LogP contribution in [0.2, 0.25) is 0 Å². The summed E-state index contributed by atoms with van der Waals surface area (Å²) in [6, 6.07) is 0. The minimum absolute atomic E-state index is 0.0145. The van der Waals surface area contributed by atoms with Gasteiger partial charge < -0.3 is 5.73 Å². The number of nitrogens with one attached hydrogen (secondary N) is 1. The number of thioether (sulfide) groups is 1. The highest BCUT2D eigenvalue weighted by atomic mass is 32.2. The number of hydrogen-bond donors (Lipinski definition) is 2. The second-order valence-corrected chi connectivity index (χ2v) is 6.04. The first kappa shape index (κ1) is 13.2. The Kier molecular flexibility index (Phi) is 6.75. The number of rotatable bonds is 7. The maximum Gasteiger partial charge on any atom is 0.212 e. The summed E-state index contributed by atoms with van der Waals surface area (Å²) in [5.74, 6) is 0.0145. The van der Waals surface area contributed by atoms with Crippen LogP contribution in [-0.4, -0.2) is 38.8 Å². The SMILES string of the molecule is CSC(C)CCNS(=O)(=O)CCN. The van der Waals surface area contributed by atoms with Crippen molar-refractivity contribution in [1.82, 2.24) is 4.72 Å². The summed E-state index contributed by atoms with van der Waals surface area (Å²) in [5, 5.41) is 0.487. The van der Waals surface area contributed by atoms with Crippen molar-refractivity contribution in [3.05, 3.63) is 0 Å². The molecule has 0 spiro atoms. The molecule has 0 rings (SSSR count). The van der Waals surface area contributed by atoms with Gasteiger partial charge in [0.15, 0.2) is 0 Å². The number of nitrogens with two attached hydrogens (primary N) is 1. The topological polar surface area (TPSA) is 72.2 Å². The van der Waals surface area contributed by atoms with Crippen molar-refractivity contribution in [1.29, 1.82) is 0 Å². The van der Waals surface area contributed by atoms with E-state index in [9.17, 15) is 8.42 Å². The highest BCUT2D eigenvalue weighted by Gasteiger charge is 2.08. The maximum absolute atomic E-state index is 11.1. The Hall–Kier alpha value is 0.220. The third kappa shape index (κ3) is 7.30. The predicted octanol–water partition coefficient (Wildman–Crippen LogP) is 0.00610. The van der Waals surface area contributed by atoms with Crippen molar-refractivity contribution in [2.24, 2.45) is 5.73 Å². The number of hydrogen-bond acceptors (Lipinski definition) is 4. The molecule has 6 heteroatoms. The second kappa shape index (κ2) is 6.64. The molecule has 1 unspecified atom stereocenters. The van der Waals surface area contributed by atoms with E-state index in [4.69, 9.17) is 5.73 Å². The normalized spacial score (nSPS) is 14.4. The second-order valence-electron chi connectivity index (χ2n) is 2.84. The Morgan fingerprint density at radius 1 is 1.54 bits per heavy atom. The van der Waals surface area contributed by atoms with Gasteiger partial charge in [0.1, 0.15) is 0 Å². The molecule has 0 aromatic carbocycles. The van der Waals surface area contributed by atoms with Crippen LogP contribution in [0, 0.1) is 0 Å². The van der Waals surface area contributed by atoms with Gasteiger partial charge in [-0.1, -0.05) is 6.92 Å². The highest BCUT2D eigenvalue weighted by Crippen LogP contribution is 2.08. The van der Waals surface area contributed by atoms with Gasteiger partial charge in [0.25, 0.3) is 0 Å². The van der Waals surface area contributed by atoms with E-state index in [1.54, 1.807) is 11.8 Å². The van der Waals surface area contributed by atoms with E-state index in [-0.39, 0.29) is 12.3 Å². The van der Waals surface area contributed by atoms with Gasteiger partial charge >= 0.3 is 0 Å². The number of sulfonamides is 1. The first-order valence-electron chi connectivity index (χ1n) is 4.22. The van der Waals surface area contributed by atoms with Gasteiger partial charge in [-0.3, -0.25) is 0 Å². The lowest BCUT2D eigenvalue weighted by Crippen LogP contribution is -2.31. The van der Waals surface area contributed by atoms with Crippen LogP contribution >= 0.6 is 11.8 Å². The van der Waals surface area contributed by atoms with Crippen molar-refractivity contribution >= 4 is 21.8 Å². The molecular weight excluding hydrogens is 208 g/mol. The van der Waals surface area contributed by atoms with E-state index in [0.29, 0.717) is 11.8 Å². The van der Waals surface area contributed by atoms with Crippen LogP contribution in [0.3, 0.4) is 0 Å². The summed E-state index contributed by atoms with van der Waals surface area (Å²) < 4.78 is 24.7.